The monoisotopic (exact) mass is 364 g/mol. The first-order valence-electron chi connectivity index (χ1n) is 7.18. The van der Waals surface area contributed by atoms with E-state index in [4.69, 9.17) is 12.2 Å². The number of hydrazine groups is 1. The van der Waals surface area contributed by atoms with Crippen molar-refractivity contribution in [3.8, 4) is 0 Å². The van der Waals surface area contributed by atoms with Crippen molar-refractivity contribution in [3.63, 3.8) is 0 Å². The molecule has 7 nitrogen and oxygen atoms in total. The number of anilines is 1. The fraction of sp³-hybridized carbons (Fsp3) is 0.200. The molecule has 0 saturated carbocycles. The van der Waals surface area contributed by atoms with Crippen LogP contribution in [0.1, 0.15) is 28.6 Å². The van der Waals surface area contributed by atoms with Crippen LogP contribution in [0.2, 0.25) is 0 Å². The van der Waals surface area contributed by atoms with E-state index in [1.807, 2.05) is 6.07 Å². The molecule has 1 aromatic heterocycles. The first-order valence-corrected chi connectivity index (χ1v) is 8.47. The molecular weight excluding hydrogens is 348 g/mol. The van der Waals surface area contributed by atoms with Crippen molar-refractivity contribution in [2.75, 3.05) is 5.32 Å². The quantitative estimate of drug-likeness (QED) is 0.428. The van der Waals surface area contributed by atoms with Gasteiger partial charge >= 0.3 is 0 Å². The second kappa shape index (κ2) is 8.37. The van der Waals surface area contributed by atoms with E-state index >= 15 is 0 Å². The average molecular weight is 364 g/mol. The summed E-state index contributed by atoms with van der Waals surface area (Å²) in [6.07, 6.45) is 1.97. The zero-order chi connectivity index (χ0) is 17.5. The summed E-state index contributed by atoms with van der Waals surface area (Å²) >= 11 is 6.60. The van der Waals surface area contributed by atoms with Gasteiger partial charge in [-0.1, -0.05) is 19.4 Å². The smallest absolute Gasteiger partial charge is 0.271 e. The number of carbonyl (C=O) groups is 1. The summed E-state index contributed by atoms with van der Waals surface area (Å²) in [7, 11) is 0. The van der Waals surface area contributed by atoms with E-state index in [2.05, 4.69) is 23.1 Å². The maximum Gasteiger partial charge on any atom is 0.271 e. The highest BCUT2D eigenvalue weighted by atomic mass is 32.1. The normalized spacial score (nSPS) is 10.0. The Bertz CT molecular complexity index is 761. The number of nitrogens with one attached hydrogen (secondary N) is 3. The SMILES string of the molecule is CCCc1cc(C(=O)NNC(=S)Nc2cccc([N+](=O)[O-])c2)cs1. The van der Waals surface area contributed by atoms with E-state index in [1.54, 1.807) is 28.8 Å². The third-order valence-corrected chi connectivity index (χ3v) is 4.22. The Balaban J connectivity index is 1.87. The second-order valence-electron chi connectivity index (χ2n) is 4.89. The van der Waals surface area contributed by atoms with Crippen LogP contribution in [0.25, 0.3) is 0 Å². The van der Waals surface area contributed by atoms with Gasteiger partial charge in [-0.05, 0) is 30.8 Å². The number of nitro benzene ring substituents is 1. The number of thiocarbonyl (C=S) groups is 1. The maximum absolute atomic E-state index is 12.0. The van der Waals surface area contributed by atoms with Gasteiger partial charge in [-0.2, -0.15) is 0 Å². The Kier molecular flexibility index (Phi) is 6.21. The maximum atomic E-state index is 12.0. The van der Waals surface area contributed by atoms with Gasteiger partial charge in [-0.3, -0.25) is 25.8 Å². The standard InChI is InChI=1S/C15H16N4O3S2/c1-2-4-13-7-10(9-24-13)14(20)17-18-15(23)16-11-5-3-6-12(8-11)19(21)22/h3,5-9H,2,4H2,1H3,(H,17,20)(H2,16,18,23). The van der Waals surface area contributed by atoms with E-state index in [-0.39, 0.29) is 16.7 Å². The molecule has 0 saturated heterocycles. The zero-order valence-electron chi connectivity index (χ0n) is 12.9. The number of hydrogen-bond donors (Lipinski definition) is 3. The molecule has 2 rings (SSSR count). The fourth-order valence-corrected chi connectivity index (χ4v) is 3.06. The zero-order valence-corrected chi connectivity index (χ0v) is 14.5. The van der Waals surface area contributed by atoms with Gasteiger partial charge in [0, 0.05) is 28.1 Å². The van der Waals surface area contributed by atoms with E-state index in [9.17, 15) is 14.9 Å². The van der Waals surface area contributed by atoms with Crippen LogP contribution in [0.5, 0.6) is 0 Å². The van der Waals surface area contributed by atoms with Crippen molar-refractivity contribution in [3.05, 3.63) is 56.3 Å². The summed E-state index contributed by atoms with van der Waals surface area (Å²) in [4.78, 5) is 23.4. The molecule has 1 aromatic carbocycles. The molecular formula is C15H16N4O3S2. The van der Waals surface area contributed by atoms with Crippen molar-refractivity contribution in [1.29, 1.82) is 0 Å². The van der Waals surface area contributed by atoms with Gasteiger partial charge < -0.3 is 5.32 Å². The largest absolute Gasteiger partial charge is 0.331 e. The van der Waals surface area contributed by atoms with Crippen LogP contribution >= 0.6 is 23.6 Å². The minimum absolute atomic E-state index is 0.0476. The van der Waals surface area contributed by atoms with Crippen LogP contribution < -0.4 is 16.2 Å². The van der Waals surface area contributed by atoms with Crippen LogP contribution in [0.4, 0.5) is 11.4 Å². The van der Waals surface area contributed by atoms with Crippen LogP contribution in [0, 0.1) is 10.1 Å². The molecule has 1 heterocycles. The van der Waals surface area contributed by atoms with Crippen LogP contribution in [-0.4, -0.2) is 15.9 Å². The molecule has 0 bridgehead atoms. The lowest BCUT2D eigenvalue weighted by Gasteiger charge is -2.11. The number of thiophene rings is 1. The summed E-state index contributed by atoms with van der Waals surface area (Å²) in [5.41, 5.74) is 6.04. The summed E-state index contributed by atoms with van der Waals surface area (Å²) in [5, 5.41) is 15.4. The highest BCUT2D eigenvalue weighted by molar-refractivity contribution is 7.80. The Labute approximate surface area is 148 Å². The number of non-ortho nitro benzene ring substituents is 1. The van der Waals surface area contributed by atoms with Gasteiger partial charge in [0.05, 0.1) is 10.5 Å². The van der Waals surface area contributed by atoms with E-state index in [1.165, 1.54) is 12.1 Å². The molecule has 0 fully saturated rings. The van der Waals surface area contributed by atoms with Gasteiger partial charge in [-0.25, -0.2) is 0 Å². The first kappa shape index (κ1) is 17.8. The van der Waals surface area contributed by atoms with Crippen molar-refractivity contribution in [2.45, 2.75) is 19.8 Å². The predicted octanol–water partition coefficient (Wildman–Crippen LogP) is 3.24. The van der Waals surface area contributed by atoms with Crippen LogP contribution in [-0.2, 0) is 6.42 Å². The Hall–Kier alpha value is -2.52. The number of carbonyl (C=O) groups excluding carboxylic acids is 1. The number of rotatable bonds is 5. The molecule has 1 amide bonds. The van der Waals surface area contributed by atoms with Gasteiger partial charge in [0.1, 0.15) is 0 Å². The lowest BCUT2D eigenvalue weighted by atomic mass is 10.2. The number of nitrogens with zero attached hydrogens (tertiary/aromatic N) is 1. The molecule has 126 valence electrons. The number of nitro groups is 1. The van der Waals surface area contributed by atoms with E-state index in [0.29, 0.717) is 11.3 Å². The molecule has 2 aromatic rings. The average Bonchev–Trinajstić information content (AvgIpc) is 3.02. The molecule has 3 N–H and O–H groups in total. The lowest BCUT2D eigenvalue weighted by Crippen LogP contribution is -2.43. The molecule has 0 radical (unpaired) electrons. The highest BCUT2D eigenvalue weighted by Crippen LogP contribution is 2.17. The predicted molar refractivity (Wildman–Crippen MR) is 98.2 cm³/mol. The van der Waals surface area contributed by atoms with Gasteiger partial charge in [-0.15, -0.1) is 11.3 Å². The van der Waals surface area contributed by atoms with Gasteiger partial charge in [0.15, 0.2) is 5.11 Å². The molecule has 0 aliphatic heterocycles. The summed E-state index contributed by atoms with van der Waals surface area (Å²) in [5.74, 6) is -0.295. The molecule has 0 aliphatic rings. The van der Waals surface area contributed by atoms with Crippen molar-refractivity contribution < 1.29 is 9.72 Å². The molecule has 0 spiro atoms. The van der Waals surface area contributed by atoms with Crippen LogP contribution in [0.3, 0.4) is 0 Å². The minimum Gasteiger partial charge on any atom is -0.331 e. The first-order chi connectivity index (χ1) is 11.5. The van der Waals surface area contributed by atoms with Crippen molar-refractivity contribution in [2.24, 2.45) is 0 Å². The highest BCUT2D eigenvalue weighted by Gasteiger charge is 2.10. The Morgan fingerprint density at radius 1 is 1.33 bits per heavy atom. The molecule has 24 heavy (non-hydrogen) atoms. The second-order valence-corrected chi connectivity index (χ2v) is 6.30. The van der Waals surface area contributed by atoms with E-state index < -0.39 is 4.92 Å². The topological polar surface area (TPSA) is 96.3 Å². The summed E-state index contributed by atoms with van der Waals surface area (Å²) < 4.78 is 0. The Morgan fingerprint density at radius 2 is 2.12 bits per heavy atom. The third kappa shape index (κ3) is 5.00. The lowest BCUT2D eigenvalue weighted by molar-refractivity contribution is -0.384. The van der Waals surface area contributed by atoms with Gasteiger partial charge in [0.2, 0.25) is 0 Å². The Morgan fingerprint density at radius 3 is 2.83 bits per heavy atom. The third-order valence-electron chi connectivity index (χ3n) is 3.02. The number of aryl methyl sites for hydroxylation is 1. The minimum atomic E-state index is -0.492. The van der Waals surface area contributed by atoms with E-state index in [0.717, 1.165) is 17.7 Å². The van der Waals surface area contributed by atoms with Crippen molar-refractivity contribution >= 4 is 45.9 Å². The molecule has 0 atom stereocenters. The number of amides is 1. The summed E-state index contributed by atoms with van der Waals surface area (Å²) in [6, 6.07) is 7.77. The molecule has 9 heteroatoms. The number of hydrogen-bond acceptors (Lipinski definition) is 5. The molecule has 0 unspecified atom stereocenters. The fourth-order valence-electron chi connectivity index (χ4n) is 1.92. The van der Waals surface area contributed by atoms with Crippen LogP contribution in [0.15, 0.2) is 35.7 Å². The number of benzene rings is 1. The van der Waals surface area contributed by atoms with Gasteiger partial charge in [0.25, 0.3) is 11.6 Å². The molecule has 0 aliphatic carbocycles. The van der Waals surface area contributed by atoms with Crippen molar-refractivity contribution in [1.82, 2.24) is 10.9 Å². The summed E-state index contributed by atoms with van der Waals surface area (Å²) in [6.45, 7) is 2.08.